The summed E-state index contributed by atoms with van der Waals surface area (Å²) in [5.74, 6) is 1.68. The lowest BCUT2D eigenvalue weighted by Gasteiger charge is -2.39. The molecular formula is C22H29N5O2. The summed E-state index contributed by atoms with van der Waals surface area (Å²) in [6, 6.07) is 10.1. The van der Waals surface area contributed by atoms with Gasteiger partial charge in [0.1, 0.15) is 5.82 Å². The van der Waals surface area contributed by atoms with E-state index in [1.165, 1.54) is 0 Å². The fourth-order valence-electron chi connectivity index (χ4n) is 4.16. The number of carbonyl (C=O) groups excluding carboxylic acids is 1. The number of aromatic nitrogens is 2. The summed E-state index contributed by atoms with van der Waals surface area (Å²) < 4.78 is 5.93. The number of urea groups is 1. The largest absolute Gasteiger partial charge is 0.372 e. The number of hydrogen-bond acceptors (Lipinski definition) is 5. The molecule has 1 saturated heterocycles. The molecule has 2 amide bonds. The van der Waals surface area contributed by atoms with Crippen molar-refractivity contribution in [2.24, 2.45) is 0 Å². The van der Waals surface area contributed by atoms with Gasteiger partial charge in [-0.3, -0.25) is 0 Å². The molecule has 0 saturated carbocycles. The number of amides is 2. The van der Waals surface area contributed by atoms with Crippen molar-refractivity contribution in [2.45, 2.75) is 45.9 Å². The fraction of sp³-hybridized carbons (Fsp3) is 0.500. The molecule has 29 heavy (non-hydrogen) atoms. The number of hydrogen-bond donors (Lipinski definition) is 1. The highest BCUT2D eigenvalue weighted by Gasteiger charge is 2.31. The number of anilines is 1. The molecule has 0 aliphatic carbocycles. The predicted octanol–water partition coefficient (Wildman–Crippen LogP) is 2.84. The van der Waals surface area contributed by atoms with Gasteiger partial charge in [0.2, 0.25) is 0 Å². The Morgan fingerprint density at radius 3 is 2.59 bits per heavy atom. The molecule has 2 aliphatic rings. The van der Waals surface area contributed by atoms with E-state index in [0.717, 1.165) is 48.0 Å². The van der Waals surface area contributed by atoms with E-state index >= 15 is 0 Å². The van der Waals surface area contributed by atoms with Gasteiger partial charge < -0.3 is 19.9 Å². The zero-order valence-electron chi connectivity index (χ0n) is 17.4. The number of benzene rings is 1. The van der Waals surface area contributed by atoms with Crippen LogP contribution in [0.15, 0.2) is 30.3 Å². The monoisotopic (exact) mass is 395 g/mol. The lowest BCUT2D eigenvalue weighted by atomic mass is 10.0. The van der Waals surface area contributed by atoms with Gasteiger partial charge in [-0.2, -0.15) is 0 Å². The first kappa shape index (κ1) is 19.6. The normalized spacial score (nSPS) is 21.6. The minimum absolute atomic E-state index is 0.0278. The van der Waals surface area contributed by atoms with Crippen molar-refractivity contribution in [1.82, 2.24) is 20.2 Å². The highest BCUT2D eigenvalue weighted by atomic mass is 16.5. The first-order chi connectivity index (χ1) is 14.0. The van der Waals surface area contributed by atoms with Crippen LogP contribution >= 0.6 is 0 Å². The van der Waals surface area contributed by atoms with Gasteiger partial charge in [-0.25, -0.2) is 14.8 Å². The summed E-state index contributed by atoms with van der Waals surface area (Å²) in [5.41, 5.74) is 3.11. The van der Waals surface area contributed by atoms with Crippen molar-refractivity contribution in [1.29, 1.82) is 0 Å². The van der Waals surface area contributed by atoms with E-state index in [-0.39, 0.29) is 18.2 Å². The van der Waals surface area contributed by atoms with Gasteiger partial charge in [-0.05, 0) is 20.8 Å². The second kappa shape index (κ2) is 8.37. The SMILES string of the molecule is CCNC(=O)N1CCc2nc(-c3ccccc3)nc(N3CC(C)OC(C)C3)c2C1. The Bertz CT molecular complexity index is 863. The average molecular weight is 396 g/mol. The molecular weight excluding hydrogens is 366 g/mol. The second-order valence-corrected chi connectivity index (χ2v) is 7.83. The summed E-state index contributed by atoms with van der Waals surface area (Å²) in [7, 11) is 0. The summed E-state index contributed by atoms with van der Waals surface area (Å²) in [6.45, 7) is 9.51. The molecule has 7 heteroatoms. The molecule has 2 atom stereocenters. The molecule has 4 rings (SSSR count). The third kappa shape index (κ3) is 4.19. The van der Waals surface area contributed by atoms with Gasteiger partial charge in [-0.15, -0.1) is 0 Å². The molecule has 7 nitrogen and oxygen atoms in total. The van der Waals surface area contributed by atoms with Crippen molar-refractivity contribution >= 4 is 11.8 Å². The topological polar surface area (TPSA) is 70.6 Å². The van der Waals surface area contributed by atoms with Crippen LogP contribution in [0.1, 0.15) is 32.0 Å². The van der Waals surface area contributed by atoms with Crippen molar-refractivity contribution in [3.63, 3.8) is 0 Å². The maximum atomic E-state index is 12.4. The molecule has 0 spiro atoms. The van der Waals surface area contributed by atoms with Gasteiger partial charge in [0.15, 0.2) is 5.82 Å². The Hall–Kier alpha value is -2.67. The molecule has 0 bridgehead atoms. The lowest BCUT2D eigenvalue weighted by molar-refractivity contribution is -0.00556. The second-order valence-electron chi connectivity index (χ2n) is 7.83. The Kier molecular flexibility index (Phi) is 5.67. The van der Waals surface area contributed by atoms with Crippen LogP contribution in [-0.2, 0) is 17.7 Å². The molecule has 2 aliphatic heterocycles. The summed E-state index contributed by atoms with van der Waals surface area (Å²) in [5, 5.41) is 2.91. The van der Waals surface area contributed by atoms with Gasteiger partial charge >= 0.3 is 6.03 Å². The smallest absolute Gasteiger partial charge is 0.317 e. The van der Waals surface area contributed by atoms with Crippen molar-refractivity contribution in [3.05, 3.63) is 41.6 Å². The molecule has 3 heterocycles. The van der Waals surface area contributed by atoms with Crippen LogP contribution in [0.3, 0.4) is 0 Å². The zero-order chi connectivity index (χ0) is 20.4. The molecule has 2 aromatic rings. The van der Waals surface area contributed by atoms with Crippen LogP contribution in [0, 0.1) is 0 Å². The van der Waals surface area contributed by atoms with Crippen LogP contribution in [0.5, 0.6) is 0 Å². The highest BCUT2D eigenvalue weighted by Crippen LogP contribution is 2.31. The van der Waals surface area contributed by atoms with Gasteiger partial charge in [-0.1, -0.05) is 30.3 Å². The lowest BCUT2D eigenvalue weighted by Crippen LogP contribution is -2.48. The first-order valence-electron chi connectivity index (χ1n) is 10.4. The van der Waals surface area contributed by atoms with E-state index in [1.807, 2.05) is 42.2 Å². The minimum atomic E-state index is -0.0278. The maximum absolute atomic E-state index is 12.4. The molecule has 1 fully saturated rings. The average Bonchev–Trinajstić information content (AvgIpc) is 2.72. The van der Waals surface area contributed by atoms with Crippen LogP contribution in [-0.4, -0.2) is 59.3 Å². The molecule has 1 N–H and O–H groups in total. The van der Waals surface area contributed by atoms with Crippen LogP contribution in [0.4, 0.5) is 10.6 Å². The van der Waals surface area contributed by atoms with Crippen molar-refractivity contribution in [3.8, 4) is 11.4 Å². The number of nitrogens with one attached hydrogen (secondary N) is 1. The van der Waals surface area contributed by atoms with Crippen LogP contribution < -0.4 is 10.2 Å². The standard InChI is InChI=1S/C22H29N5O2/c1-4-23-22(28)26-11-10-19-18(14-26)21(27-12-15(2)29-16(3)13-27)25-20(24-19)17-8-6-5-7-9-17/h5-9,15-16H,4,10-14H2,1-3H3,(H,23,28). The number of nitrogens with zero attached hydrogens (tertiary/aromatic N) is 4. The fourth-order valence-corrected chi connectivity index (χ4v) is 4.16. The minimum Gasteiger partial charge on any atom is -0.372 e. The summed E-state index contributed by atoms with van der Waals surface area (Å²) >= 11 is 0. The first-order valence-corrected chi connectivity index (χ1v) is 10.4. The maximum Gasteiger partial charge on any atom is 0.317 e. The van der Waals surface area contributed by atoms with E-state index in [4.69, 9.17) is 14.7 Å². The van der Waals surface area contributed by atoms with E-state index < -0.39 is 0 Å². The van der Waals surface area contributed by atoms with Crippen LogP contribution in [0.25, 0.3) is 11.4 Å². The Morgan fingerprint density at radius 2 is 1.90 bits per heavy atom. The van der Waals surface area contributed by atoms with Gasteiger partial charge in [0.25, 0.3) is 0 Å². The predicted molar refractivity (Wildman–Crippen MR) is 113 cm³/mol. The highest BCUT2D eigenvalue weighted by molar-refractivity contribution is 5.75. The number of morpholine rings is 1. The Morgan fingerprint density at radius 1 is 1.17 bits per heavy atom. The third-order valence-corrected chi connectivity index (χ3v) is 5.40. The Labute approximate surface area is 172 Å². The van der Waals surface area contributed by atoms with E-state index in [9.17, 15) is 4.79 Å². The van der Waals surface area contributed by atoms with E-state index in [1.54, 1.807) is 0 Å². The summed E-state index contributed by atoms with van der Waals surface area (Å²) in [6.07, 6.45) is 0.998. The van der Waals surface area contributed by atoms with Crippen molar-refractivity contribution in [2.75, 3.05) is 31.1 Å². The van der Waals surface area contributed by atoms with Gasteiger partial charge in [0, 0.05) is 43.7 Å². The van der Waals surface area contributed by atoms with Crippen molar-refractivity contribution < 1.29 is 9.53 Å². The molecule has 2 unspecified atom stereocenters. The third-order valence-electron chi connectivity index (χ3n) is 5.40. The van der Waals surface area contributed by atoms with Gasteiger partial charge in [0.05, 0.1) is 24.4 Å². The molecule has 154 valence electrons. The number of carbonyl (C=O) groups is 1. The van der Waals surface area contributed by atoms with E-state index in [0.29, 0.717) is 19.6 Å². The van der Waals surface area contributed by atoms with E-state index in [2.05, 4.69) is 24.1 Å². The number of fused-ring (bicyclic) bond motifs is 1. The molecule has 1 aromatic heterocycles. The number of ether oxygens (including phenoxy) is 1. The molecule has 1 aromatic carbocycles. The summed E-state index contributed by atoms with van der Waals surface area (Å²) in [4.78, 5) is 26.5. The van der Waals surface area contributed by atoms with Crippen LogP contribution in [0.2, 0.25) is 0 Å². The molecule has 0 radical (unpaired) electrons. The Balaban J connectivity index is 1.75. The quantitative estimate of drug-likeness (QED) is 0.865. The number of rotatable bonds is 3. The zero-order valence-corrected chi connectivity index (χ0v) is 17.4.